The number of carboxylic acids is 2. The molecule has 4 aliphatic rings. The van der Waals surface area contributed by atoms with Crippen molar-refractivity contribution in [2.45, 2.75) is 65.2 Å². The van der Waals surface area contributed by atoms with Crippen LogP contribution in [0.2, 0.25) is 0 Å². The topological polar surface area (TPSA) is 74.6 Å². The molecule has 4 rings (SSSR count). The first kappa shape index (κ1) is 16.2. The molecule has 0 aromatic heterocycles. The molecule has 0 amide bonds. The van der Waals surface area contributed by atoms with E-state index >= 15 is 0 Å². The fraction of sp³-hybridized carbons (Fsp3) is 0.800. The molecule has 4 aliphatic carbocycles. The summed E-state index contributed by atoms with van der Waals surface area (Å²) >= 11 is 0. The minimum absolute atomic E-state index is 0.0125. The van der Waals surface area contributed by atoms with Gasteiger partial charge in [-0.05, 0) is 80.5 Å². The van der Waals surface area contributed by atoms with Gasteiger partial charge in [0.1, 0.15) is 0 Å². The lowest BCUT2D eigenvalue weighted by molar-refractivity contribution is -0.177. The van der Waals surface area contributed by atoms with Crippen LogP contribution in [0.4, 0.5) is 0 Å². The number of hydrogen-bond donors (Lipinski definition) is 2. The fourth-order valence-corrected chi connectivity index (χ4v) is 7.43. The highest BCUT2D eigenvalue weighted by atomic mass is 16.4. The molecule has 6 atom stereocenters. The molecule has 2 bridgehead atoms. The van der Waals surface area contributed by atoms with Crippen LogP contribution in [0.15, 0.2) is 11.6 Å². The van der Waals surface area contributed by atoms with Crippen molar-refractivity contribution < 1.29 is 19.8 Å². The lowest BCUT2D eigenvalue weighted by Gasteiger charge is -2.63. The van der Waals surface area contributed by atoms with Gasteiger partial charge in [0.2, 0.25) is 0 Å². The summed E-state index contributed by atoms with van der Waals surface area (Å²) in [4.78, 5) is 23.7. The number of carbonyl (C=O) groups is 2. The van der Waals surface area contributed by atoms with Crippen molar-refractivity contribution in [3.05, 3.63) is 11.6 Å². The highest BCUT2D eigenvalue weighted by Gasteiger charge is 2.64. The van der Waals surface area contributed by atoms with Gasteiger partial charge in [0.05, 0.1) is 5.41 Å². The monoisotopic (exact) mass is 332 g/mol. The quantitative estimate of drug-likeness (QED) is 0.798. The first-order chi connectivity index (χ1) is 11.2. The van der Waals surface area contributed by atoms with E-state index in [0.29, 0.717) is 11.5 Å². The molecule has 132 valence electrons. The molecular formula is C20H28O4. The second-order valence-electron chi connectivity index (χ2n) is 9.34. The molecule has 0 saturated heterocycles. The van der Waals surface area contributed by atoms with E-state index in [1.807, 2.05) is 6.92 Å². The van der Waals surface area contributed by atoms with E-state index in [4.69, 9.17) is 0 Å². The van der Waals surface area contributed by atoms with Crippen LogP contribution in [-0.2, 0) is 9.59 Å². The molecule has 4 nitrogen and oxygen atoms in total. The van der Waals surface area contributed by atoms with Crippen molar-refractivity contribution in [2.24, 2.45) is 34.0 Å². The third kappa shape index (κ3) is 1.86. The Bertz CT molecular complexity index is 638. The molecule has 0 aliphatic heterocycles. The summed E-state index contributed by atoms with van der Waals surface area (Å²) < 4.78 is 0. The minimum Gasteiger partial charge on any atom is -0.481 e. The summed E-state index contributed by atoms with van der Waals surface area (Å²) in [7, 11) is 0. The van der Waals surface area contributed by atoms with Crippen LogP contribution in [-0.4, -0.2) is 22.2 Å². The molecule has 0 aromatic rings. The summed E-state index contributed by atoms with van der Waals surface area (Å²) in [5.41, 5.74) is 0.0533. The third-order valence-corrected chi connectivity index (χ3v) is 8.41. The Kier molecular flexibility index (Phi) is 3.27. The maximum atomic E-state index is 12.0. The Balaban J connectivity index is 1.76. The molecule has 0 radical (unpaired) electrons. The molecule has 4 heteroatoms. The van der Waals surface area contributed by atoms with Crippen LogP contribution in [0, 0.1) is 34.0 Å². The first-order valence-electron chi connectivity index (χ1n) is 9.42. The Morgan fingerprint density at radius 1 is 1.04 bits per heavy atom. The lowest BCUT2D eigenvalue weighted by Crippen LogP contribution is -2.58. The maximum absolute atomic E-state index is 12.0. The predicted molar refractivity (Wildman–Crippen MR) is 89.4 cm³/mol. The number of fused-ring (bicyclic) bond motifs is 3. The van der Waals surface area contributed by atoms with Gasteiger partial charge in [0.15, 0.2) is 0 Å². The van der Waals surface area contributed by atoms with Crippen molar-refractivity contribution in [2.75, 3.05) is 0 Å². The number of allylic oxidation sites excluding steroid dienone is 1. The van der Waals surface area contributed by atoms with Crippen molar-refractivity contribution >= 4 is 11.9 Å². The summed E-state index contributed by atoms with van der Waals surface area (Å²) in [6, 6.07) is 0. The van der Waals surface area contributed by atoms with Gasteiger partial charge >= 0.3 is 11.9 Å². The lowest BCUT2D eigenvalue weighted by atomic mass is 9.41. The van der Waals surface area contributed by atoms with Gasteiger partial charge in [-0.2, -0.15) is 0 Å². The fourth-order valence-electron chi connectivity index (χ4n) is 7.43. The van der Waals surface area contributed by atoms with E-state index < -0.39 is 17.4 Å². The molecule has 2 N–H and O–H groups in total. The average molecular weight is 332 g/mol. The van der Waals surface area contributed by atoms with Crippen LogP contribution in [0.3, 0.4) is 0 Å². The zero-order chi connectivity index (χ0) is 17.3. The Hall–Kier alpha value is -1.32. The molecule has 3 saturated carbocycles. The van der Waals surface area contributed by atoms with Crippen LogP contribution >= 0.6 is 0 Å². The van der Waals surface area contributed by atoms with Crippen LogP contribution in [0.1, 0.15) is 65.2 Å². The van der Waals surface area contributed by atoms with Crippen molar-refractivity contribution in [3.8, 4) is 0 Å². The normalized spacial score (nSPS) is 49.8. The van der Waals surface area contributed by atoms with Crippen LogP contribution < -0.4 is 0 Å². The minimum atomic E-state index is -0.746. The van der Waals surface area contributed by atoms with Crippen molar-refractivity contribution in [1.82, 2.24) is 0 Å². The number of hydrogen-bond acceptors (Lipinski definition) is 2. The number of carboxylic acid groups (broad SMARTS) is 2. The maximum Gasteiger partial charge on any atom is 0.331 e. The highest BCUT2D eigenvalue weighted by Crippen LogP contribution is 2.70. The Labute approximate surface area is 143 Å². The van der Waals surface area contributed by atoms with Gasteiger partial charge < -0.3 is 10.2 Å². The van der Waals surface area contributed by atoms with Crippen molar-refractivity contribution in [3.63, 3.8) is 0 Å². The van der Waals surface area contributed by atoms with Gasteiger partial charge in [-0.25, -0.2) is 4.79 Å². The molecular weight excluding hydrogens is 304 g/mol. The van der Waals surface area contributed by atoms with E-state index in [0.717, 1.165) is 51.4 Å². The third-order valence-electron chi connectivity index (χ3n) is 8.41. The van der Waals surface area contributed by atoms with Gasteiger partial charge in [-0.15, -0.1) is 0 Å². The summed E-state index contributed by atoms with van der Waals surface area (Å²) in [6.45, 7) is 4.27. The molecule has 3 fully saturated rings. The highest BCUT2D eigenvalue weighted by molar-refractivity contribution is 5.88. The van der Waals surface area contributed by atoms with E-state index in [2.05, 4.69) is 13.0 Å². The molecule has 0 aromatic carbocycles. The van der Waals surface area contributed by atoms with Crippen LogP contribution in [0.25, 0.3) is 0 Å². The molecule has 1 spiro atoms. The smallest absolute Gasteiger partial charge is 0.331 e. The predicted octanol–water partition coefficient (Wildman–Crippen LogP) is 4.10. The van der Waals surface area contributed by atoms with E-state index in [9.17, 15) is 19.8 Å². The second-order valence-corrected chi connectivity index (χ2v) is 9.34. The van der Waals surface area contributed by atoms with E-state index in [1.54, 1.807) is 0 Å². The number of rotatable bonds is 2. The molecule has 6 unspecified atom stereocenters. The Morgan fingerprint density at radius 2 is 1.79 bits per heavy atom. The van der Waals surface area contributed by atoms with E-state index in [1.165, 1.54) is 0 Å². The standard InChI is InChI=1S/C20H28O4/c1-18-7-3-8-19(2,17(23)24)14(18)6-9-20-10-12(4-5-15(18)20)13(11-20)16(21)22/h11-12,14-15H,3-10H2,1-2H3,(H,21,22)(H,23,24). The van der Waals surface area contributed by atoms with Crippen LogP contribution in [0.5, 0.6) is 0 Å². The second kappa shape index (κ2) is 4.86. The summed E-state index contributed by atoms with van der Waals surface area (Å²) in [6.07, 6.45) is 9.82. The SMILES string of the molecule is CC1(C(=O)O)CCCC2(C)C3CCC4CC3(C=C4C(=O)O)CCC12. The molecule has 0 heterocycles. The Morgan fingerprint density at radius 3 is 2.46 bits per heavy atom. The van der Waals surface area contributed by atoms with E-state index in [-0.39, 0.29) is 22.7 Å². The summed E-state index contributed by atoms with van der Waals surface area (Å²) in [5, 5.41) is 19.5. The number of aliphatic carboxylic acids is 2. The van der Waals surface area contributed by atoms with Gasteiger partial charge in [-0.3, -0.25) is 4.79 Å². The van der Waals surface area contributed by atoms with Crippen molar-refractivity contribution in [1.29, 1.82) is 0 Å². The zero-order valence-electron chi connectivity index (χ0n) is 14.7. The van der Waals surface area contributed by atoms with Gasteiger partial charge in [0, 0.05) is 5.57 Å². The van der Waals surface area contributed by atoms with Gasteiger partial charge in [-0.1, -0.05) is 19.4 Å². The van der Waals surface area contributed by atoms with Gasteiger partial charge in [0.25, 0.3) is 0 Å². The largest absolute Gasteiger partial charge is 0.481 e. The first-order valence-corrected chi connectivity index (χ1v) is 9.42. The average Bonchev–Trinajstić information content (AvgIpc) is 2.78. The zero-order valence-corrected chi connectivity index (χ0v) is 14.7. The summed E-state index contributed by atoms with van der Waals surface area (Å²) in [5.74, 6) is -0.519. The molecule has 24 heavy (non-hydrogen) atoms.